The van der Waals surface area contributed by atoms with Gasteiger partial charge in [-0.05, 0) is 25.3 Å². The molecule has 2 atom stereocenters. The summed E-state index contributed by atoms with van der Waals surface area (Å²) in [6.07, 6.45) is 5.01. The van der Waals surface area contributed by atoms with Gasteiger partial charge in [0, 0.05) is 18.0 Å². The molecule has 20 heavy (non-hydrogen) atoms. The molecule has 2 bridgehead atoms. The van der Waals surface area contributed by atoms with Crippen molar-refractivity contribution < 1.29 is 9.59 Å². The molecule has 1 saturated heterocycles. The average Bonchev–Trinajstić information content (AvgIpc) is 2.50. The van der Waals surface area contributed by atoms with Crippen LogP contribution in [0.25, 0.3) is 0 Å². The molecule has 2 fully saturated rings. The van der Waals surface area contributed by atoms with Crippen LogP contribution in [0.3, 0.4) is 0 Å². The summed E-state index contributed by atoms with van der Waals surface area (Å²) in [6, 6.07) is 1.69. The van der Waals surface area contributed by atoms with E-state index in [0.717, 1.165) is 19.3 Å². The maximum absolute atomic E-state index is 12.3. The molecule has 0 radical (unpaired) electrons. The van der Waals surface area contributed by atoms with E-state index in [1.165, 1.54) is 4.90 Å². The molecule has 3 N–H and O–H groups in total. The van der Waals surface area contributed by atoms with E-state index in [9.17, 15) is 9.59 Å². The van der Waals surface area contributed by atoms with Crippen molar-refractivity contribution in [2.45, 2.75) is 32.2 Å². The number of aromatic nitrogens is 2. The molecule has 2 heterocycles. The number of piperidine rings is 1. The molecule has 7 heteroatoms. The fourth-order valence-electron chi connectivity index (χ4n) is 3.06. The largest absolute Gasteiger partial charge is 0.292 e. The number of hydrazine groups is 1. The Hall–Kier alpha value is -2.02. The highest BCUT2D eigenvalue weighted by Gasteiger charge is 2.42. The smallest absolute Gasteiger partial charge is 0.237 e. The molecular weight excluding hydrogens is 258 g/mol. The van der Waals surface area contributed by atoms with E-state index in [1.54, 1.807) is 12.3 Å². The van der Waals surface area contributed by atoms with E-state index in [0.29, 0.717) is 12.1 Å². The lowest BCUT2D eigenvalue weighted by Gasteiger charge is -2.38. The van der Waals surface area contributed by atoms with Gasteiger partial charge in [0.2, 0.25) is 17.8 Å². The first-order chi connectivity index (χ1) is 9.69. The highest BCUT2D eigenvalue weighted by Crippen LogP contribution is 2.36. The van der Waals surface area contributed by atoms with Crippen molar-refractivity contribution in [3.8, 4) is 0 Å². The molecule has 1 saturated carbocycles. The average molecular weight is 275 g/mol. The molecule has 1 aromatic rings. The lowest BCUT2D eigenvalue weighted by molar-refractivity contribution is -0.158. The summed E-state index contributed by atoms with van der Waals surface area (Å²) in [6.45, 7) is 0.196. The van der Waals surface area contributed by atoms with E-state index in [1.807, 2.05) is 0 Å². The fraction of sp³-hybridized carbons (Fsp3) is 0.538. The van der Waals surface area contributed by atoms with Gasteiger partial charge in [0.05, 0.1) is 12.2 Å². The van der Waals surface area contributed by atoms with Gasteiger partial charge in [-0.2, -0.15) is 0 Å². The van der Waals surface area contributed by atoms with Crippen LogP contribution >= 0.6 is 0 Å². The predicted octanol–water partition coefficient (Wildman–Crippen LogP) is 0.437. The number of nitrogens with one attached hydrogen (secondary N) is 1. The molecule has 2 amide bonds. The summed E-state index contributed by atoms with van der Waals surface area (Å²) in [5.74, 6) is 5.41. The number of hydrogen-bond acceptors (Lipinski definition) is 6. The molecule has 0 spiro atoms. The second kappa shape index (κ2) is 5.16. The van der Waals surface area contributed by atoms with Crippen LogP contribution in [-0.2, 0) is 16.1 Å². The molecule has 7 nitrogen and oxygen atoms in total. The van der Waals surface area contributed by atoms with E-state index in [2.05, 4.69) is 15.4 Å². The van der Waals surface area contributed by atoms with Crippen LogP contribution in [-0.4, -0.2) is 26.7 Å². The van der Waals surface area contributed by atoms with Crippen molar-refractivity contribution in [3.05, 3.63) is 18.0 Å². The number of carbonyl (C=O) groups excluding carboxylic acids is 2. The Bertz CT molecular complexity index is 525. The van der Waals surface area contributed by atoms with Crippen molar-refractivity contribution in [2.24, 2.45) is 17.7 Å². The SMILES string of the molecule is NNc1nccc(CN2C(=O)C3CCCC(C3)C2=O)n1. The number of amides is 2. The van der Waals surface area contributed by atoms with Crippen LogP contribution in [0, 0.1) is 11.8 Å². The summed E-state index contributed by atoms with van der Waals surface area (Å²) < 4.78 is 0. The first-order valence-electron chi connectivity index (χ1n) is 6.83. The third-order valence-corrected chi connectivity index (χ3v) is 4.07. The molecule has 2 aliphatic rings. The lowest BCUT2D eigenvalue weighted by atomic mass is 9.77. The molecule has 106 valence electrons. The van der Waals surface area contributed by atoms with Gasteiger partial charge in [-0.1, -0.05) is 6.42 Å². The summed E-state index contributed by atoms with van der Waals surface area (Å²) in [7, 11) is 0. The third-order valence-electron chi connectivity index (χ3n) is 4.07. The number of nitrogens with zero attached hydrogens (tertiary/aromatic N) is 3. The van der Waals surface area contributed by atoms with Crippen LogP contribution in [0.2, 0.25) is 0 Å². The minimum atomic E-state index is -0.0631. The summed E-state index contributed by atoms with van der Waals surface area (Å²) in [5, 5.41) is 0. The highest BCUT2D eigenvalue weighted by molar-refractivity contribution is 6.00. The predicted molar refractivity (Wildman–Crippen MR) is 70.8 cm³/mol. The van der Waals surface area contributed by atoms with Crippen LogP contribution < -0.4 is 11.3 Å². The number of imide groups is 1. The normalized spacial score (nSPS) is 25.8. The summed E-state index contributed by atoms with van der Waals surface area (Å²) in [5.41, 5.74) is 2.96. The molecule has 1 aromatic heterocycles. The van der Waals surface area contributed by atoms with Gasteiger partial charge < -0.3 is 0 Å². The maximum Gasteiger partial charge on any atom is 0.237 e. The number of rotatable bonds is 3. The van der Waals surface area contributed by atoms with Gasteiger partial charge in [0.25, 0.3) is 0 Å². The Balaban J connectivity index is 1.81. The van der Waals surface area contributed by atoms with E-state index in [-0.39, 0.29) is 36.1 Å². The Morgan fingerprint density at radius 2 is 2.00 bits per heavy atom. The quantitative estimate of drug-likeness (QED) is 0.471. The Kier molecular flexibility index (Phi) is 3.35. The fourth-order valence-corrected chi connectivity index (χ4v) is 3.06. The topological polar surface area (TPSA) is 101 Å². The van der Waals surface area contributed by atoms with Crippen molar-refractivity contribution in [2.75, 3.05) is 5.43 Å². The first-order valence-corrected chi connectivity index (χ1v) is 6.83. The van der Waals surface area contributed by atoms with Crippen molar-refractivity contribution in [1.29, 1.82) is 0 Å². The zero-order valence-electron chi connectivity index (χ0n) is 11.1. The van der Waals surface area contributed by atoms with Crippen LogP contribution in [0.15, 0.2) is 12.3 Å². The summed E-state index contributed by atoms with van der Waals surface area (Å²) in [4.78, 5) is 34.1. The van der Waals surface area contributed by atoms with Gasteiger partial charge in [-0.15, -0.1) is 0 Å². The van der Waals surface area contributed by atoms with Gasteiger partial charge >= 0.3 is 0 Å². The number of anilines is 1. The number of nitrogens with two attached hydrogens (primary N) is 1. The Morgan fingerprint density at radius 3 is 2.65 bits per heavy atom. The second-order valence-electron chi connectivity index (χ2n) is 5.34. The Morgan fingerprint density at radius 1 is 1.30 bits per heavy atom. The number of hydrogen-bond donors (Lipinski definition) is 2. The second-order valence-corrected chi connectivity index (χ2v) is 5.34. The lowest BCUT2D eigenvalue weighted by Crippen LogP contribution is -2.50. The molecule has 1 aliphatic carbocycles. The first kappa shape index (κ1) is 13.0. The number of likely N-dealkylation sites (tertiary alicyclic amines) is 1. The summed E-state index contributed by atoms with van der Waals surface area (Å²) >= 11 is 0. The van der Waals surface area contributed by atoms with Crippen LogP contribution in [0.5, 0.6) is 0 Å². The van der Waals surface area contributed by atoms with Crippen LogP contribution in [0.4, 0.5) is 5.95 Å². The molecular formula is C13H17N5O2. The van der Waals surface area contributed by atoms with Gasteiger partial charge in [-0.3, -0.25) is 19.9 Å². The van der Waals surface area contributed by atoms with Crippen molar-refractivity contribution in [1.82, 2.24) is 14.9 Å². The van der Waals surface area contributed by atoms with Gasteiger partial charge in [-0.25, -0.2) is 15.8 Å². The highest BCUT2D eigenvalue weighted by atomic mass is 16.2. The maximum atomic E-state index is 12.3. The minimum Gasteiger partial charge on any atom is -0.292 e. The van der Waals surface area contributed by atoms with Gasteiger partial charge in [0.1, 0.15) is 0 Å². The third kappa shape index (κ3) is 2.24. The van der Waals surface area contributed by atoms with Crippen molar-refractivity contribution >= 4 is 17.8 Å². The van der Waals surface area contributed by atoms with Crippen molar-refractivity contribution in [3.63, 3.8) is 0 Å². The van der Waals surface area contributed by atoms with E-state index in [4.69, 9.17) is 5.84 Å². The van der Waals surface area contributed by atoms with Gasteiger partial charge in [0.15, 0.2) is 0 Å². The minimum absolute atomic E-state index is 0.000362. The zero-order chi connectivity index (χ0) is 14.1. The molecule has 0 aromatic carbocycles. The number of nitrogen functional groups attached to an aromatic ring is 1. The Labute approximate surface area is 116 Å². The molecule has 1 aliphatic heterocycles. The zero-order valence-corrected chi connectivity index (χ0v) is 11.1. The monoisotopic (exact) mass is 275 g/mol. The molecule has 2 unspecified atom stereocenters. The molecule has 3 rings (SSSR count). The van der Waals surface area contributed by atoms with E-state index < -0.39 is 0 Å². The number of carbonyl (C=O) groups is 2. The van der Waals surface area contributed by atoms with Crippen LogP contribution in [0.1, 0.15) is 31.4 Å². The van der Waals surface area contributed by atoms with E-state index >= 15 is 0 Å². The number of fused-ring (bicyclic) bond motifs is 2. The standard InChI is InChI=1S/C13H17N5O2/c14-17-13-15-5-4-10(16-13)7-18-11(19)8-2-1-3-9(6-8)12(18)20/h4-5,8-9H,1-3,6-7,14H2,(H,15,16,17).